The molecule has 1 atom stereocenters. The number of nitrogens with zero attached hydrogens (tertiary/aromatic N) is 1. The highest BCUT2D eigenvalue weighted by atomic mass is 16.6. The first-order valence-electron chi connectivity index (χ1n) is 10.1. The number of carbonyl (C=O) groups excluding carboxylic acids is 2. The van der Waals surface area contributed by atoms with Gasteiger partial charge in [0, 0.05) is 13.6 Å². The van der Waals surface area contributed by atoms with Crippen molar-refractivity contribution in [1.82, 2.24) is 10.2 Å². The lowest BCUT2D eigenvalue weighted by molar-refractivity contribution is -0.142. The lowest BCUT2D eigenvalue weighted by atomic mass is 10.1. The van der Waals surface area contributed by atoms with Crippen LogP contribution in [0.15, 0.2) is 60.7 Å². The fourth-order valence-corrected chi connectivity index (χ4v) is 2.86. The number of likely N-dealkylation sites (N-methyl/N-ethyl adjacent to an activating group) is 1. The van der Waals surface area contributed by atoms with Gasteiger partial charge in [-0.25, -0.2) is 14.4 Å². The maximum absolute atomic E-state index is 12.2. The van der Waals surface area contributed by atoms with Crippen molar-refractivity contribution in [2.45, 2.75) is 38.5 Å². The normalized spacial score (nSPS) is 11.3. The van der Waals surface area contributed by atoms with E-state index in [1.165, 1.54) is 7.05 Å². The van der Waals surface area contributed by atoms with E-state index < -0.39 is 24.2 Å². The van der Waals surface area contributed by atoms with E-state index in [9.17, 15) is 19.5 Å². The third-order valence-corrected chi connectivity index (χ3v) is 4.63. The zero-order chi connectivity index (χ0) is 22.5. The Morgan fingerprint density at radius 3 is 2.00 bits per heavy atom. The molecule has 8 heteroatoms. The number of carbonyl (C=O) groups is 3. The molecule has 2 aromatic rings. The third-order valence-electron chi connectivity index (χ3n) is 4.63. The maximum atomic E-state index is 12.2. The molecule has 0 radical (unpaired) electrons. The van der Waals surface area contributed by atoms with E-state index in [4.69, 9.17) is 9.47 Å². The number of hydrogen-bond donors (Lipinski definition) is 2. The number of amides is 2. The van der Waals surface area contributed by atoms with Crippen molar-refractivity contribution in [2.24, 2.45) is 0 Å². The van der Waals surface area contributed by atoms with Crippen LogP contribution in [0.2, 0.25) is 0 Å². The van der Waals surface area contributed by atoms with E-state index in [1.807, 2.05) is 60.7 Å². The maximum Gasteiger partial charge on any atom is 0.410 e. The molecule has 0 bridgehead atoms. The zero-order valence-corrected chi connectivity index (χ0v) is 17.5. The summed E-state index contributed by atoms with van der Waals surface area (Å²) in [5, 5.41) is 12.1. The molecule has 0 saturated carbocycles. The number of hydrogen-bond acceptors (Lipinski definition) is 5. The van der Waals surface area contributed by atoms with Gasteiger partial charge in [-0.3, -0.25) is 4.90 Å². The summed E-state index contributed by atoms with van der Waals surface area (Å²) in [4.78, 5) is 36.6. The number of unbranched alkanes of at least 4 members (excludes halogenated alkanes) is 1. The highest BCUT2D eigenvalue weighted by Crippen LogP contribution is 2.11. The van der Waals surface area contributed by atoms with E-state index >= 15 is 0 Å². The SMILES string of the molecule is CN(C(=O)OCc1ccccc1)C(CCCCNC(=O)OCc1ccccc1)C(=O)O. The Balaban J connectivity index is 1.66. The molecule has 2 N–H and O–H groups in total. The molecule has 8 nitrogen and oxygen atoms in total. The van der Waals surface area contributed by atoms with E-state index in [1.54, 1.807) is 0 Å². The first kappa shape index (κ1) is 23.7. The Labute approximate surface area is 181 Å². The van der Waals surface area contributed by atoms with Gasteiger partial charge in [0.2, 0.25) is 0 Å². The summed E-state index contributed by atoms with van der Waals surface area (Å²) in [5.74, 6) is -1.10. The molecule has 0 aliphatic rings. The van der Waals surface area contributed by atoms with Crippen molar-refractivity contribution in [3.05, 3.63) is 71.8 Å². The second kappa shape index (κ2) is 12.9. The minimum atomic E-state index is -1.10. The Kier molecular flexibility index (Phi) is 9.87. The quantitative estimate of drug-likeness (QED) is 0.528. The summed E-state index contributed by atoms with van der Waals surface area (Å²) in [7, 11) is 1.41. The van der Waals surface area contributed by atoms with Gasteiger partial charge in [0.05, 0.1) is 0 Å². The van der Waals surface area contributed by atoms with Crippen molar-refractivity contribution in [1.29, 1.82) is 0 Å². The van der Waals surface area contributed by atoms with Crippen molar-refractivity contribution >= 4 is 18.2 Å². The second-order valence-electron chi connectivity index (χ2n) is 6.99. The number of carboxylic acids is 1. The molecule has 0 fully saturated rings. The largest absolute Gasteiger partial charge is 0.480 e. The van der Waals surface area contributed by atoms with Crippen LogP contribution in [-0.2, 0) is 27.5 Å². The average molecular weight is 428 g/mol. The van der Waals surface area contributed by atoms with Crippen LogP contribution in [0.25, 0.3) is 0 Å². The summed E-state index contributed by atoms with van der Waals surface area (Å²) in [6.45, 7) is 0.608. The Hall–Kier alpha value is -3.55. The second-order valence-corrected chi connectivity index (χ2v) is 6.99. The number of ether oxygens (including phenoxy) is 2. The molecule has 2 amide bonds. The van der Waals surface area contributed by atoms with Gasteiger partial charge in [0.25, 0.3) is 0 Å². The van der Waals surface area contributed by atoms with Crippen LogP contribution < -0.4 is 5.32 Å². The lowest BCUT2D eigenvalue weighted by Crippen LogP contribution is -2.42. The third kappa shape index (κ3) is 8.77. The molecule has 0 saturated heterocycles. The smallest absolute Gasteiger partial charge is 0.410 e. The Morgan fingerprint density at radius 1 is 0.903 bits per heavy atom. The molecule has 0 aliphatic heterocycles. The summed E-state index contributed by atoms with van der Waals surface area (Å²) < 4.78 is 10.3. The first-order valence-corrected chi connectivity index (χ1v) is 10.1. The minimum Gasteiger partial charge on any atom is -0.480 e. The van der Waals surface area contributed by atoms with Crippen LogP contribution in [-0.4, -0.2) is 47.8 Å². The molecule has 0 heterocycles. The van der Waals surface area contributed by atoms with Crippen LogP contribution in [0.4, 0.5) is 9.59 Å². The average Bonchev–Trinajstić information content (AvgIpc) is 2.79. The number of benzene rings is 2. The molecule has 2 rings (SSSR count). The van der Waals surface area contributed by atoms with Crippen LogP contribution in [0.1, 0.15) is 30.4 Å². The molecular weight excluding hydrogens is 400 g/mol. The van der Waals surface area contributed by atoms with E-state index in [2.05, 4.69) is 5.32 Å². The topological polar surface area (TPSA) is 105 Å². The van der Waals surface area contributed by atoms with E-state index in [-0.39, 0.29) is 19.6 Å². The van der Waals surface area contributed by atoms with Crippen molar-refractivity contribution < 1.29 is 29.0 Å². The summed E-state index contributed by atoms with van der Waals surface area (Å²) in [6.07, 6.45) is 0.0789. The molecule has 0 spiro atoms. The first-order chi connectivity index (χ1) is 15.0. The molecule has 0 aliphatic carbocycles. The van der Waals surface area contributed by atoms with Gasteiger partial charge < -0.3 is 19.9 Å². The Morgan fingerprint density at radius 2 is 1.45 bits per heavy atom. The molecule has 31 heavy (non-hydrogen) atoms. The highest BCUT2D eigenvalue weighted by Gasteiger charge is 2.27. The fourth-order valence-electron chi connectivity index (χ4n) is 2.86. The monoisotopic (exact) mass is 428 g/mol. The molecule has 166 valence electrons. The lowest BCUT2D eigenvalue weighted by Gasteiger charge is -2.24. The van der Waals surface area contributed by atoms with Gasteiger partial charge in [-0.15, -0.1) is 0 Å². The fraction of sp³-hybridized carbons (Fsp3) is 0.348. The van der Waals surface area contributed by atoms with Gasteiger partial charge >= 0.3 is 18.2 Å². The van der Waals surface area contributed by atoms with E-state index in [0.29, 0.717) is 19.4 Å². The van der Waals surface area contributed by atoms with Gasteiger partial charge in [-0.1, -0.05) is 60.7 Å². The van der Waals surface area contributed by atoms with E-state index in [0.717, 1.165) is 16.0 Å². The number of rotatable bonds is 11. The van der Waals surface area contributed by atoms with Crippen molar-refractivity contribution in [3.8, 4) is 0 Å². The number of carboxylic acid groups (broad SMARTS) is 1. The van der Waals surface area contributed by atoms with Crippen molar-refractivity contribution in [2.75, 3.05) is 13.6 Å². The standard InChI is InChI=1S/C23H28N2O6/c1-25(23(29)31-17-19-12-6-3-7-13-19)20(21(26)27)14-8-9-15-24-22(28)30-16-18-10-4-2-5-11-18/h2-7,10-13,20H,8-9,14-17H2,1H3,(H,24,28)(H,26,27). The summed E-state index contributed by atoms with van der Waals surface area (Å²) in [6, 6.07) is 17.5. The summed E-state index contributed by atoms with van der Waals surface area (Å²) >= 11 is 0. The van der Waals surface area contributed by atoms with Crippen LogP contribution in [0.3, 0.4) is 0 Å². The predicted octanol–water partition coefficient (Wildman–Crippen LogP) is 3.80. The molecular formula is C23H28N2O6. The van der Waals surface area contributed by atoms with Crippen molar-refractivity contribution in [3.63, 3.8) is 0 Å². The predicted molar refractivity (Wildman–Crippen MR) is 114 cm³/mol. The highest BCUT2D eigenvalue weighted by molar-refractivity contribution is 5.79. The zero-order valence-electron chi connectivity index (χ0n) is 17.5. The molecule has 2 aromatic carbocycles. The van der Waals surface area contributed by atoms with Crippen LogP contribution in [0, 0.1) is 0 Å². The van der Waals surface area contributed by atoms with Crippen LogP contribution in [0.5, 0.6) is 0 Å². The molecule has 0 aromatic heterocycles. The van der Waals surface area contributed by atoms with Gasteiger partial charge in [-0.2, -0.15) is 0 Å². The van der Waals surface area contributed by atoms with Crippen LogP contribution >= 0.6 is 0 Å². The van der Waals surface area contributed by atoms with Gasteiger partial charge in [0.1, 0.15) is 19.3 Å². The summed E-state index contributed by atoms with van der Waals surface area (Å²) in [5.41, 5.74) is 1.71. The number of alkyl carbamates (subject to hydrolysis) is 1. The number of aliphatic carboxylic acids is 1. The Bertz CT molecular complexity index is 828. The van der Waals surface area contributed by atoms with Gasteiger partial charge in [0.15, 0.2) is 0 Å². The number of nitrogens with one attached hydrogen (secondary N) is 1. The molecule has 1 unspecified atom stereocenters. The minimum absolute atomic E-state index is 0.0748. The van der Waals surface area contributed by atoms with Gasteiger partial charge in [-0.05, 0) is 30.4 Å².